The molecule has 24 heavy (non-hydrogen) atoms. The summed E-state index contributed by atoms with van der Waals surface area (Å²) in [7, 11) is 0. The maximum Gasteiger partial charge on any atom is 0.197 e. The van der Waals surface area contributed by atoms with Crippen molar-refractivity contribution in [1.82, 2.24) is 0 Å². The number of hydrogen-bond donors (Lipinski definition) is 0. The topological polar surface area (TPSA) is 18.5 Å². The van der Waals surface area contributed by atoms with E-state index in [0.717, 1.165) is 28.2 Å². The smallest absolute Gasteiger partial charge is 0.197 e. The summed E-state index contributed by atoms with van der Waals surface area (Å²) in [5.74, 6) is 1.86. The van der Waals surface area contributed by atoms with Crippen LogP contribution < -0.4 is 4.74 Å². The lowest BCUT2D eigenvalue weighted by molar-refractivity contribution is -0.0918. The lowest BCUT2D eigenvalue weighted by atomic mass is 9.86. The molecule has 0 aliphatic carbocycles. The van der Waals surface area contributed by atoms with E-state index in [1.165, 1.54) is 5.56 Å². The lowest BCUT2D eigenvalue weighted by Gasteiger charge is -2.44. The largest absolute Gasteiger partial charge is 0.481 e. The summed E-state index contributed by atoms with van der Waals surface area (Å²) in [5, 5.41) is 0. The van der Waals surface area contributed by atoms with Gasteiger partial charge in [-0.15, -0.1) is 0 Å². The van der Waals surface area contributed by atoms with Crippen molar-refractivity contribution in [3.05, 3.63) is 107 Å². The van der Waals surface area contributed by atoms with E-state index >= 15 is 0 Å². The van der Waals surface area contributed by atoms with Gasteiger partial charge in [0, 0.05) is 11.1 Å². The van der Waals surface area contributed by atoms with Gasteiger partial charge in [-0.05, 0) is 17.2 Å². The predicted molar refractivity (Wildman–Crippen MR) is 93.6 cm³/mol. The third kappa shape index (κ3) is 1.96. The minimum atomic E-state index is -0.0579. The molecule has 0 N–H and O–H groups in total. The maximum absolute atomic E-state index is 6.27. The van der Waals surface area contributed by atoms with Crippen molar-refractivity contribution >= 4 is 5.57 Å². The van der Waals surface area contributed by atoms with E-state index in [9.17, 15) is 0 Å². The van der Waals surface area contributed by atoms with Crippen LogP contribution in [0.4, 0.5) is 0 Å². The Bertz CT molecular complexity index is 913. The summed E-state index contributed by atoms with van der Waals surface area (Å²) in [4.78, 5) is 0. The van der Waals surface area contributed by atoms with Crippen molar-refractivity contribution in [3.8, 4) is 5.75 Å². The van der Waals surface area contributed by atoms with Crippen molar-refractivity contribution in [2.75, 3.05) is 0 Å². The van der Waals surface area contributed by atoms with E-state index in [0.29, 0.717) is 0 Å². The molecule has 2 aliphatic rings. The van der Waals surface area contributed by atoms with Crippen molar-refractivity contribution < 1.29 is 9.47 Å². The third-order valence-corrected chi connectivity index (χ3v) is 4.63. The normalized spacial score (nSPS) is 21.0. The van der Waals surface area contributed by atoms with Gasteiger partial charge in [0.2, 0.25) is 0 Å². The Kier molecular flexibility index (Phi) is 2.95. The first kappa shape index (κ1) is 13.4. The fourth-order valence-electron chi connectivity index (χ4n) is 3.48. The summed E-state index contributed by atoms with van der Waals surface area (Å²) in [5.41, 5.74) is 4.56. The number of rotatable bonds is 2. The van der Waals surface area contributed by atoms with Crippen LogP contribution in [0.3, 0.4) is 0 Å². The van der Waals surface area contributed by atoms with Crippen molar-refractivity contribution in [1.29, 1.82) is 0 Å². The fraction of sp³-hybridized carbons (Fsp3) is 0.0909. The van der Waals surface area contributed by atoms with Crippen LogP contribution in [0.25, 0.3) is 5.57 Å². The van der Waals surface area contributed by atoms with Gasteiger partial charge in [-0.2, -0.15) is 0 Å². The molecule has 0 saturated carbocycles. The molecule has 116 valence electrons. The zero-order valence-electron chi connectivity index (χ0n) is 13.1. The van der Waals surface area contributed by atoms with Crippen LogP contribution in [0.15, 0.2) is 90.7 Å². The predicted octanol–water partition coefficient (Wildman–Crippen LogP) is 4.98. The van der Waals surface area contributed by atoms with Crippen LogP contribution in [0.1, 0.15) is 22.8 Å². The van der Waals surface area contributed by atoms with Crippen LogP contribution in [0, 0.1) is 0 Å². The highest BCUT2D eigenvalue weighted by atomic mass is 16.6. The molecule has 2 atom stereocenters. The average molecular weight is 312 g/mol. The molecule has 0 radical (unpaired) electrons. The van der Waals surface area contributed by atoms with Gasteiger partial charge in [0.15, 0.2) is 18.0 Å². The Morgan fingerprint density at radius 2 is 1.25 bits per heavy atom. The van der Waals surface area contributed by atoms with E-state index in [1.54, 1.807) is 0 Å². The molecule has 2 heteroatoms. The molecule has 0 amide bonds. The Morgan fingerprint density at radius 3 is 2.04 bits per heavy atom. The number of benzene rings is 3. The monoisotopic (exact) mass is 312 g/mol. The minimum Gasteiger partial charge on any atom is -0.481 e. The highest BCUT2D eigenvalue weighted by Crippen LogP contribution is 2.50. The molecular weight excluding hydrogens is 296 g/mol. The first-order chi connectivity index (χ1) is 11.9. The van der Waals surface area contributed by atoms with E-state index < -0.39 is 0 Å². The average Bonchev–Trinajstić information content (AvgIpc) is 2.64. The van der Waals surface area contributed by atoms with Crippen LogP contribution in [0.5, 0.6) is 5.75 Å². The fourth-order valence-corrected chi connectivity index (χ4v) is 3.48. The van der Waals surface area contributed by atoms with Gasteiger partial charge in [0.05, 0.1) is 0 Å². The third-order valence-electron chi connectivity index (χ3n) is 4.63. The Hall–Kier alpha value is -3.00. The molecule has 0 aromatic heterocycles. The van der Waals surface area contributed by atoms with E-state index in [1.807, 2.05) is 42.5 Å². The second-order valence-corrected chi connectivity index (χ2v) is 6.09. The molecule has 0 bridgehead atoms. The molecule has 2 aliphatic heterocycles. The molecule has 3 aromatic rings. The van der Waals surface area contributed by atoms with Gasteiger partial charge in [0.25, 0.3) is 0 Å². The summed E-state index contributed by atoms with van der Waals surface area (Å²) in [6.45, 7) is 0. The molecule has 0 spiro atoms. The molecular formula is C22H16O2. The Balaban J connectivity index is 1.64. The molecule has 2 unspecified atom stereocenters. The van der Waals surface area contributed by atoms with Gasteiger partial charge in [0.1, 0.15) is 5.75 Å². The Labute approximate surface area is 141 Å². The molecule has 2 heterocycles. The van der Waals surface area contributed by atoms with E-state index in [-0.39, 0.29) is 12.2 Å². The quantitative estimate of drug-likeness (QED) is 0.664. The van der Waals surface area contributed by atoms with Crippen LogP contribution in [-0.4, -0.2) is 6.10 Å². The standard InChI is InChI=1S/C22H16O2/c1-3-9-15(10-4-1)19-17-13-7-8-14-18(17)23-22-20(24-21(19)22)16-11-5-2-6-12-16/h1-14,20,22H. The molecule has 5 rings (SSSR count). The maximum atomic E-state index is 6.27. The van der Waals surface area contributed by atoms with Crippen molar-refractivity contribution in [3.63, 3.8) is 0 Å². The number of hydrogen-bond acceptors (Lipinski definition) is 2. The SMILES string of the molecule is c1ccc(C2=C3OC(c4ccccc4)C3Oc3ccccc32)cc1. The van der Waals surface area contributed by atoms with Gasteiger partial charge in [-0.1, -0.05) is 78.9 Å². The van der Waals surface area contributed by atoms with Gasteiger partial charge in [-0.3, -0.25) is 0 Å². The minimum absolute atomic E-state index is 0.0479. The lowest BCUT2D eigenvalue weighted by Crippen LogP contribution is -2.43. The van der Waals surface area contributed by atoms with Crippen LogP contribution >= 0.6 is 0 Å². The first-order valence-electron chi connectivity index (χ1n) is 8.19. The molecule has 2 nitrogen and oxygen atoms in total. The zero-order valence-corrected chi connectivity index (χ0v) is 13.1. The number of para-hydroxylation sites is 1. The molecule has 3 aromatic carbocycles. The summed E-state index contributed by atoms with van der Waals surface area (Å²) in [6.07, 6.45) is -0.106. The van der Waals surface area contributed by atoms with Crippen LogP contribution in [0.2, 0.25) is 0 Å². The van der Waals surface area contributed by atoms with E-state index in [4.69, 9.17) is 9.47 Å². The van der Waals surface area contributed by atoms with E-state index in [2.05, 4.69) is 42.5 Å². The molecule has 1 fully saturated rings. The van der Waals surface area contributed by atoms with Crippen molar-refractivity contribution in [2.45, 2.75) is 12.2 Å². The highest BCUT2D eigenvalue weighted by molar-refractivity contribution is 5.86. The van der Waals surface area contributed by atoms with Crippen LogP contribution in [-0.2, 0) is 4.74 Å². The highest BCUT2D eigenvalue weighted by Gasteiger charge is 2.47. The second kappa shape index (κ2) is 5.27. The van der Waals surface area contributed by atoms with Gasteiger partial charge in [-0.25, -0.2) is 0 Å². The second-order valence-electron chi connectivity index (χ2n) is 6.09. The first-order valence-corrected chi connectivity index (χ1v) is 8.19. The molecule has 1 saturated heterocycles. The number of ether oxygens (including phenoxy) is 2. The van der Waals surface area contributed by atoms with Gasteiger partial charge < -0.3 is 9.47 Å². The van der Waals surface area contributed by atoms with Gasteiger partial charge >= 0.3 is 0 Å². The zero-order chi connectivity index (χ0) is 15.9. The Morgan fingerprint density at radius 1 is 0.583 bits per heavy atom. The van der Waals surface area contributed by atoms with Crippen molar-refractivity contribution in [2.24, 2.45) is 0 Å². The number of fused-ring (bicyclic) bond motifs is 2. The summed E-state index contributed by atoms with van der Waals surface area (Å²) >= 11 is 0. The summed E-state index contributed by atoms with van der Waals surface area (Å²) < 4.78 is 12.5. The summed E-state index contributed by atoms with van der Waals surface area (Å²) in [6, 6.07) is 28.9.